The van der Waals surface area contributed by atoms with Crippen LogP contribution in [0, 0.1) is 0 Å². The first-order chi connectivity index (χ1) is 13.7. The van der Waals surface area contributed by atoms with Gasteiger partial charge in [0.25, 0.3) is 5.91 Å². The summed E-state index contributed by atoms with van der Waals surface area (Å²) in [7, 11) is 0. The van der Waals surface area contributed by atoms with E-state index < -0.39 is 29.7 Å². The number of hydrogen-bond donors (Lipinski definition) is 1. The van der Waals surface area contributed by atoms with Crippen LogP contribution in [0.1, 0.15) is 22.8 Å². The van der Waals surface area contributed by atoms with E-state index in [1.807, 2.05) is 0 Å². The van der Waals surface area contributed by atoms with Crippen molar-refractivity contribution in [1.29, 1.82) is 0 Å². The molecule has 3 rings (SSSR count). The molecule has 3 aromatic rings. The molecular formula is C18H14F3N5O3. The molecule has 0 aliphatic carbocycles. The van der Waals surface area contributed by atoms with Crippen LogP contribution in [0.2, 0.25) is 0 Å². The molecule has 0 bridgehead atoms. The lowest BCUT2D eigenvalue weighted by atomic mass is 10.2. The van der Waals surface area contributed by atoms with E-state index in [0.29, 0.717) is 5.69 Å². The SMILES string of the molecule is C[C@H](OC(=O)c1ccc(-n2cnnn2)cc1)C(=O)Nc1ccc(C(F)(F)F)cc1. The molecular weight excluding hydrogens is 391 g/mol. The first-order valence-corrected chi connectivity index (χ1v) is 8.26. The number of aromatic nitrogens is 4. The minimum absolute atomic E-state index is 0.150. The van der Waals surface area contributed by atoms with E-state index in [2.05, 4.69) is 20.8 Å². The molecule has 0 fully saturated rings. The van der Waals surface area contributed by atoms with Gasteiger partial charge in [0.2, 0.25) is 0 Å². The van der Waals surface area contributed by atoms with Crippen LogP contribution in [0.5, 0.6) is 0 Å². The number of nitrogens with zero attached hydrogens (tertiary/aromatic N) is 4. The molecule has 150 valence electrons. The van der Waals surface area contributed by atoms with Crippen molar-refractivity contribution in [3.8, 4) is 5.69 Å². The molecule has 1 N–H and O–H groups in total. The second kappa shape index (κ2) is 8.09. The molecule has 0 unspecified atom stereocenters. The highest BCUT2D eigenvalue weighted by Gasteiger charge is 2.30. The smallest absolute Gasteiger partial charge is 0.416 e. The van der Waals surface area contributed by atoms with Gasteiger partial charge in [-0.3, -0.25) is 4.79 Å². The lowest BCUT2D eigenvalue weighted by molar-refractivity contribution is -0.137. The van der Waals surface area contributed by atoms with Crippen molar-refractivity contribution in [3.63, 3.8) is 0 Å². The number of hydrogen-bond acceptors (Lipinski definition) is 6. The Labute approximate surface area is 162 Å². The molecule has 11 heteroatoms. The number of amides is 1. The Morgan fingerprint density at radius 2 is 1.72 bits per heavy atom. The first-order valence-electron chi connectivity index (χ1n) is 8.26. The van der Waals surface area contributed by atoms with Crippen molar-refractivity contribution < 1.29 is 27.5 Å². The van der Waals surface area contributed by atoms with E-state index in [-0.39, 0.29) is 11.3 Å². The Morgan fingerprint density at radius 1 is 1.07 bits per heavy atom. The minimum atomic E-state index is -4.47. The van der Waals surface area contributed by atoms with Crippen molar-refractivity contribution in [2.24, 2.45) is 0 Å². The number of halogens is 3. The van der Waals surface area contributed by atoms with E-state index in [1.54, 1.807) is 12.1 Å². The van der Waals surface area contributed by atoms with Crippen LogP contribution in [-0.2, 0) is 15.7 Å². The fourth-order valence-corrected chi connectivity index (χ4v) is 2.30. The molecule has 1 atom stereocenters. The Kier molecular flexibility index (Phi) is 5.57. The standard InChI is InChI=1S/C18H14F3N5O3/c1-11(16(27)23-14-6-4-13(5-7-14)18(19,20)21)29-17(28)12-2-8-15(9-3-12)26-10-22-24-25-26/h2-11H,1H3,(H,23,27)/t11-/m0/s1. The highest BCUT2D eigenvalue weighted by atomic mass is 19.4. The van der Waals surface area contributed by atoms with Crippen LogP contribution >= 0.6 is 0 Å². The van der Waals surface area contributed by atoms with Crippen LogP contribution in [0.4, 0.5) is 18.9 Å². The second-order valence-corrected chi connectivity index (χ2v) is 5.91. The zero-order valence-corrected chi connectivity index (χ0v) is 14.9. The van der Waals surface area contributed by atoms with Gasteiger partial charge < -0.3 is 10.1 Å². The van der Waals surface area contributed by atoms with Crippen molar-refractivity contribution in [2.75, 3.05) is 5.32 Å². The molecule has 1 aromatic heterocycles. The van der Waals surface area contributed by atoms with Crippen LogP contribution in [0.15, 0.2) is 54.9 Å². The zero-order chi connectivity index (χ0) is 21.0. The van der Waals surface area contributed by atoms with Crippen molar-refractivity contribution in [3.05, 3.63) is 66.0 Å². The largest absolute Gasteiger partial charge is 0.449 e. The zero-order valence-electron chi connectivity index (χ0n) is 14.9. The molecule has 1 heterocycles. The highest BCUT2D eigenvalue weighted by Crippen LogP contribution is 2.29. The quantitative estimate of drug-likeness (QED) is 0.656. The molecule has 0 saturated heterocycles. The maximum absolute atomic E-state index is 12.6. The molecule has 0 radical (unpaired) electrons. The number of alkyl halides is 3. The maximum Gasteiger partial charge on any atom is 0.416 e. The van der Waals surface area contributed by atoms with Gasteiger partial charge in [-0.25, -0.2) is 9.48 Å². The third kappa shape index (κ3) is 4.94. The molecule has 29 heavy (non-hydrogen) atoms. The highest BCUT2D eigenvalue weighted by molar-refractivity contribution is 5.97. The summed E-state index contributed by atoms with van der Waals surface area (Å²) in [5.41, 5.74) is 0.146. The summed E-state index contributed by atoms with van der Waals surface area (Å²) in [6, 6.07) is 10.1. The number of ether oxygens (including phenoxy) is 1. The first kappa shape index (κ1) is 20.0. The van der Waals surface area contributed by atoms with Crippen LogP contribution in [0.25, 0.3) is 5.69 Å². The Hall–Kier alpha value is -3.76. The van der Waals surface area contributed by atoms with Gasteiger partial charge in [-0.15, -0.1) is 5.10 Å². The summed E-state index contributed by atoms with van der Waals surface area (Å²) in [5, 5.41) is 13.1. The number of carbonyl (C=O) groups is 2. The molecule has 0 spiro atoms. The van der Waals surface area contributed by atoms with Gasteiger partial charge in [-0.05, 0) is 65.9 Å². The van der Waals surface area contributed by atoms with Gasteiger partial charge in [-0.2, -0.15) is 13.2 Å². The fraction of sp³-hybridized carbons (Fsp3) is 0.167. The van der Waals surface area contributed by atoms with Gasteiger partial charge in [-0.1, -0.05) is 0 Å². The number of rotatable bonds is 5. The molecule has 2 aromatic carbocycles. The predicted octanol–water partition coefficient (Wildman–Crippen LogP) is 2.87. The van der Waals surface area contributed by atoms with Gasteiger partial charge in [0.05, 0.1) is 16.8 Å². The van der Waals surface area contributed by atoms with E-state index in [4.69, 9.17) is 4.74 Å². The number of tetrazole rings is 1. The maximum atomic E-state index is 12.6. The van der Waals surface area contributed by atoms with E-state index in [1.165, 1.54) is 30.1 Å². The normalized spacial score (nSPS) is 12.3. The third-order valence-electron chi connectivity index (χ3n) is 3.85. The Bertz CT molecular complexity index is 987. The van der Waals surface area contributed by atoms with Crippen molar-refractivity contribution in [1.82, 2.24) is 20.2 Å². The topological polar surface area (TPSA) is 99.0 Å². The molecule has 0 saturated carbocycles. The fourth-order valence-electron chi connectivity index (χ4n) is 2.30. The minimum Gasteiger partial charge on any atom is -0.449 e. The van der Waals surface area contributed by atoms with Crippen LogP contribution in [-0.4, -0.2) is 38.2 Å². The molecule has 0 aliphatic rings. The lowest BCUT2D eigenvalue weighted by Crippen LogP contribution is -2.30. The average molecular weight is 405 g/mol. The summed E-state index contributed by atoms with van der Waals surface area (Å²) in [6.07, 6.45) is -4.24. The second-order valence-electron chi connectivity index (χ2n) is 5.91. The summed E-state index contributed by atoms with van der Waals surface area (Å²) in [6.45, 7) is 1.35. The monoisotopic (exact) mass is 405 g/mol. The number of anilines is 1. The molecule has 1 amide bonds. The summed E-state index contributed by atoms with van der Waals surface area (Å²) in [5.74, 6) is -1.41. The van der Waals surface area contributed by atoms with E-state index >= 15 is 0 Å². The van der Waals surface area contributed by atoms with E-state index in [9.17, 15) is 22.8 Å². The van der Waals surface area contributed by atoms with Crippen LogP contribution in [0.3, 0.4) is 0 Å². The Morgan fingerprint density at radius 3 is 2.28 bits per heavy atom. The molecule has 0 aliphatic heterocycles. The van der Waals surface area contributed by atoms with Crippen molar-refractivity contribution >= 4 is 17.6 Å². The van der Waals surface area contributed by atoms with E-state index in [0.717, 1.165) is 24.3 Å². The number of nitrogens with one attached hydrogen (secondary N) is 1. The van der Waals surface area contributed by atoms with Gasteiger partial charge in [0, 0.05) is 5.69 Å². The number of carbonyl (C=O) groups excluding carboxylic acids is 2. The summed E-state index contributed by atoms with van der Waals surface area (Å²) < 4.78 is 44.2. The third-order valence-corrected chi connectivity index (χ3v) is 3.85. The number of esters is 1. The number of benzene rings is 2. The lowest BCUT2D eigenvalue weighted by Gasteiger charge is -2.14. The van der Waals surface area contributed by atoms with Crippen molar-refractivity contribution in [2.45, 2.75) is 19.2 Å². The van der Waals surface area contributed by atoms with Gasteiger partial charge >= 0.3 is 12.1 Å². The average Bonchev–Trinajstić information content (AvgIpc) is 3.22. The predicted molar refractivity (Wildman–Crippen MR) is 94.1 cm³/mol. The molecule has 8 nitrogen and oxygen atoms in total. The Balaban J connectivity index is 1.58. The summed E-state index contributed by atoms with van der Waals surface area (Å²) >= 11 is 0. The van der Waals surface area contributed by atoms with Gasteiger partial charge in [0.15, 0.2) is 6.10 Å². The summed E-state index contributed by atoms with van der Waals surface area (Å²) in [4.78, 5) is 24.3. The van der Waals surface area contributed by atoms with Crippen LogP contribution < -0.4 is 5.32 Å². The van der Waals surface area contributed by atoms with Gasteiger partial charge in [0.1, 0.15) is 6.33 Å².